The second kappa shape index (κ2) is 9.51. The first-order chi connectivity index (χ1) is 13.8. The van der Waals surface area contributed by atoms with E-state index in [1.807, 2.05) is 0 Å². The van der Waals surface area contributed by atoms with Gasteiger partial charge in [-0.1, -0.05) is 31.9 Å². The molecule has 0 spiro atoms. The molecule has 3 aliphatic rings. The van der Waals surface area contributed by atoms with E-state index in [1.165, 1.54) is 77.0 Å². The molecule has 0 saturated heterocycles. The normalized spacial score (nSPS) is 32.2. The van der Waals surface area contributed by atoms with Gasteiger partial charge in [0, 0.05) is 0 Å². The largest absolute Gasteiger partial charge is 0.494 e. The molecule has 0 aromatic heterocycles. The molecule has 2 saturated carbocycles. The number of benzene rings is 1. The fraction of sp³-hybridized carbons (Fsp3) is 0.704. The molecule has 0 aliphatic heterocycles. The Morgan fingerprint density at radius 1 is 0.929 bits per heavy atom. The highest BCUT2D eigenvalue weighted by molar-refractivity contribution is 5.37. The molecule has 1 heteroatoms. The molecule has 3 unspecified atom stereocenters. The first-order valence-corrected chi connectivity index (χ1v) is 12.1. The first kappa shape index (κ1) is 20.0. The highest BCUT2D eigenvalue weighted by Crippen LogP contribution is 2.48. The summed E-state index contributed by atoms with van der Waals surface area (Å²) in [5.41, 5.74) is 3.17. The maximum absolute atomic E-state index is 5.99. The van der Waals surface area contributed by atoms with Crippen molar-refractivity contribution in [2.45, 2.75) is 84.0 Å². The van der Waals surface area contributed by atoms with E-state index in [4.69, 9.17) is 4.74 Å². The molecule has 28 heavy (non-hydrogen) atoms. The van der Waals surface area contributed by atoms with Crippen LogP contribution in [0.5, 0.6) is 5.75 Å². The summed E-state index contributed by atoms with van der Waals surface area (Å²) in [6.45, 7) is 7.17. The van der Waals surface area contributed by atoms with E-state index in [9.17, 15) is 0 Å². The van der Waals surface area contributed by atoms with Crippen molar-refractivity contribution in [3.05, 3.63) is 42.0 Å². The van der Waals surface area contributed by atoms with Gasteiger partial charge in [0.1, 0.15) is 5.75 Å². The summed E-state index contributed by atoms with van der Waals surface area (Å²) < 4.78 is 5.99. The van der Waals surface area contributed by atoms with Gasteiger partial charge in [-0.15, -0.1) is 6.58 Å². The number of ether oxygens (including phenoxy) is 1. The van der Waals surface area contributed by atoms with Crippen molar-refractivity contribution in [2.75, 3.05) is 6.61 Å². The summed E-state index contributed by atoms with van der Waals surface area (Å²) in [7, 11) is 0. The van der Waals surface area contributed by atoms with Gasteiger partial charge < -0.3 is 4.74 Å². The van der Waals surface area contributed by atoms with Crippen LogP contribution in [-0.2, 0) is 12.8 Å². The van der Waals surface area contributed by atoms with Gasteiger partial charge in [0.2, 0.25) is 0 Å². The molecule has 1 aromatic rings. The van der Waals surface area contributed by atoms with E-state index >= 15 is 0 Å². The van der Waals surface area contributed by atoms with Crippen molar-refractivity contribution >= 4 is 0 Å². The molecule has 2 fully saturated rings. The Kier molecular flexibility index (Phi) is 6.81. The SMILES string of the molecule is C=C[C@@H]1CC[C@@H]2CC(C3CCc4cc(OCCCCC)ccc4C3)CCC2C1. The topological polar surface area (TPSA) is 9.23 Å². The minimum atomic E-state index is 0.803. The van der Waals surface area contributed by atoms with Crippen LogP contribution in [0.25, 0.3) is 0 Å². The van der Waals surface area contributed by atoms with Crippen LogP contribution < -0.4 is 4.74 Å². The highest BCUT2D eigenvalue weighted by atomic mass is 16.5. The van der Waals surface area contributed by atoms with Gasteiger partial charge in [-0.25, -0.2) is 0 Å². The van der Waals surface area contributed by atoms with Gasteiger partial charge in [0.15, 0.2) is 0 Å². The maximum atomic E-state index is 5.99. The van der Waals surface area contributed by atoms with Crippen LogP contribution in [0.2, 0.25) is 0 Å². The van der Waals surface area contributed by atoms with Crippen molar-refractivity contribution in [1.29, 1.82) is 0 Å². The van der Waals surface area contributed by atoms with Gasteiger partial charge in [-0.2, -0.15) is 0 Å². The Labute approximate surface area is 173 Å². The van der Waals surface area contributed by atoms with Gasteiger partial charge in [0.25, 0.3) is 0 Å². The lowest BCUT2D eigenvalue weighted by atomic mass is 9.61. The predicted molar refractivity (Wildman–Crippen MR) is 119 cm³/mol. The van der Waals surface area contributed by atoms with Crippen molar-refractivity contribution in [1.82, 2.24) is 0 Å². The zero-order valence-electron chi connectivity index (χ0n) is 18.0. The van der Waals surface area contributed by atoms with Gasteiger partial charge in [0.05, 0.1) is 6.61 Å². The third-order valence-electron chi connectivity index (χ3n) is 8.16. The smallest absolute Gasteiger partial charge is 0.119 e. The summed E-state index contributed by atoms with van der Waals surface area (Å²) in [4.78, 5) is 0. The third kappa shape index (κ3) is 4.66. The van der Waals surface area contributed by atoms with Crippen LogP contribution in [0.1, 0.15) is 82.3 Å². The number of allylic oxidation sites excluding steroid dienone is 1. The molecule has 0 heterocycles. The van der Waals surface area contributed by atoms with E-state index < -0.39 is 0 Å². The van der Waals surface area contributed by atoms with Crippen LogP contribution in [-0.4, -0.2) is 6.61 Å². The second-order valence-electron chi connectivity index (χ2n) is 9.89. The van der Waals surface area contributed by atoms with Crippen LogP contribution in [0.3, 0.4) is 0 Å². The van der Waals surface area contributed by atoms with Crippen molar-refractivity contribution in [3.8, 4) is 5.75 Å². The van der Waals surface area contributed by atoms with E-state index in [0.29, 0.717) is 0 Å². The number of aryl methyl sites for hydroxylation is 1. The third-order valence-corrected chi connectivity index (χ3v) is 8.16. The van der Waals surface area contributed by atoms with Crippen LogP contribution >= 0.6 is 0 Å². The zero-order chi connectivity index (χ0) is 19.3. The molecule has 0 amide bonds. The number of hydrogen-bond donors (Lipinski definition) is 0. The predicted octanol–water partition coefficient (Wildman–Crippen LogP) is 7.38. The Morgan fingerprint density at radius 3 is 2.54 bits per heavy atom. The highest BCUT2D eigenvalue weighted by Gasteiger charge is 2.38. The molecule has 0 N–H and O–H groups in total. The monoisotopic (exact) mass is 380 g/mol. The fourth-order valence-corrected chi connectivity index (χ4v) is 6.40. The lowest BCUT2D eigenvalue weighted by molar-refractivity contribution is 0.0811. The van der Waals surface area contributed by atoms with E-state index in [2.05, 4.69) is 37.8 Å². The lowest BCUT2D eigenvalue weighted by Crippen LogP contribution is -2.34. The molecule has 1 nitrogen and oxygen atoms in total. The standard InChI is InChI=1S/C27H40O/c1-3-5-6-15-28-27-14-13-25-18-24(11-12-26(25)19-27)23-10-9-21-16-20(4-2)7-8-22(21)17-23/h4,13-14,19-24H,2-3,5-12,15-18H2,1H3/t20-,21?,22-,23?,24?/m1/s1. The second-order valence-corrected chi connectivity index (χ2v) is 9.89. The first-order valence-electron chi connectivity index (χ1n) is 12.1. The Morgan fingerprint density at radius 2 is 1.71 bits per heavy atom. The van der Waals surface area contributed by atoms with Crippen LogP contribution in [0.4, 0.5) is 0 Å². The average Bonchev–Trinajstić information content (AvgIpc) is 2.75. The fourth-order valence-electron chi connectivity index (χ4n) is 6.40. The molecule has 0 radical (unpaired) electrons. The molecule has 154 valence electrons. The summed E-state index contributed by atoms with van der Waals surface area (Å²) in [5.74, 6) is 5.79. The summed E-state index contributed by atoms with van der Waals surface area (Å²) in [6.07, 6.45) is 18.6. The lowest BCUT2D eigenvalue weighted by Gasteiger charge is -2.44. The molecule has 1 aromatic carbocycles. The van der Waals surface area contributed by atoms with Crippen LogP contribution in [0.15, 0.2) is 30.9 Å². The maximum Gasteiger partial charge on any atom is 0.119 e. The number of fused-ring (bicyclic) bond motifs is 2. The molecular formula is C27H40O. The summed E-state index contributed by atoms with van der Waals surface area (Å²) in [5, 5.41) is 0. The quantitative estimate of drug-likeness (QED) is 0.354. The van der Waals surface area contributed by atoms with Crippen molar-refractivity contribution in [2.24, 2.45) is 29.6 Å². The number of hydrogen-bond acceptors (Lipinski definition) is 1. The Hall–Kier alpha value is -1.24. The van der Waals surface area contributed by atoms with Gasteiger partial charge in [-0.05, 0) is 117 Å². The van der Waals surface area contributed by atoms with Crippen LogP contribution in [0, 0.1) is 29.6 Å². The zero-order valence-corrected chi connectivity index (χ0v) is 18.0. The van der Waals surface area contributed by atoms with Gasteiger partial charge >= 0.3 is 0 Å². The molecule has 3 aliphatic carbocycles. The van der Waals surface area contributed by atoms with E-state index in [0.717, 1.165) is 41.9 Å². The molecular weight excluding hydrogens is 340 g/mol. The number of rotatable bonds is 7. The minimum Gasteiger partial charge on any atom is -0.494 e. The Bertz CT molecular complexity index is 648. The minimum absolute atomic E-state index is 0.803. The molecule has 0 bridgehead atoms. The van der Waals surface area contributed by atoms with E-state index in [-0.39, 0.29) is 0 Å². The Balaban J connectivity index is 1.31. The van der Waals surface area contributed by atoms with Crippen molar-refractivity contribution < 1.29 is 4.74 Å². The van der Waals surface area contributed by atoms with E-state index in [1.54, 1.807) is 11.1 Å². The molecule has 5 atom stereocenters. The average molecular weight is 381 g/mol. The summed E-state index contributed by atoms with van der Waals surface area (Å²) >= 11 is 0. The molecule has 4 rings (SSSR count). The number of unbranched alkanes of at least 4 members (excludes halogenated alkanes) is 2. The summed E-state index contributed by atoms with van der Waals surface area (Å²) in [6, 6.07) is 6.93. The van der Waals surface area contributed by atoms with Crippen molar-refractivity contribution in [3.63, 3.8) is 0 Å². The van der Waals surface area contributed by atoms with Gasteiger partial charge in [-0.3, -0.25) is 0 Å².